The zero-order chi connectivity index (χ0) is 14.7. The van der Waals surface area contributed by atoms with E-state index in [0.717, 1.165) is 5.69 Å². The largest absolute Gasteiger partial charge is 0.348 e. The third kappa shape index (κ3) is 3.29. The van der Waals surface area contributed by atoms with Gasteiger partial charge in [-0.05, 0) is 41.6 Å². The Balaban J connectivity index is 2.21. The fourth-order valence-electron chi connectivity index (χ4n) is 1.57. The minimum atomic E-state index is -0.262. The normalized spacial score (nSPS) is 12.2. The van der Waals surface area contributed by atoms with Gasteiger partial charge in [-0.25, -0.2) is 0 Å². The molecule has 0 aliphatic rings. The molecule has 0 bridgehead atoms. The molecule has 0 fully saturated rings. The van der Waals surface area contributed by atoms with Crippen molar-refractivity contribution in [2.24, 2.45) is 0 Å². The summed E-state index contributed by atoms with van der Waals surface area (Å²) in [5.74, 6) is 0.0145. The first-order valence-corrected chi connectivity index (χ1v) is 7.17. The van der Waals surface area contributed by atoms with Gasteiger partial charge in [-0.1, -0.05) is 23.4 Å². The van der Waals surface area contributed by atoms with Crippen LogP contribution >= 0.6 is 23.4 Å². The number of thioether (sulfide) groups is 1. The van der Waals surface area contributed by atoms with Crippen LogP contribution in [-0.2, 0) is 4.79 Å². The number of carbonyl (C=O) groups excluding carboxylic acids is 1. The molecule has 0 unspecified atom stereocenters. The molecule has 8 heteroatoms. The van der Waals surface area contributed by atoms with Crippen LogP contribution in [0.5, 0.6) is 0 Å². The van der Waals surface area contributed by atoms with E-state index in [1.807, 2.05) is 19.1 Å². The SMILES string of the molecule is C[C@@H](Sc1nnnn1-c1ccc(Cl)cc1)C(=O)N(C)C. The third-order valence-electron chi connectivity index (χ3n) is 2.58. The van der Waals surface area contributed by atoms with Crippen molar-refractivity contribution >= 4 is 29.3 Å². The van der Waals surface area contributed by atoms with Gasteiger partial charge in [-0.3, -0.25) is 4.79 Å². The van der Waals surface area contributed by atoms with E-state index < -0.39 is 0 Å². The van der Waals surface area contributed by atoms with Crippen molar-refractivity contribution < 1.29 is 4.79 Å². The maximum atomic E-state index is 11.9. The summed E-state index contributed by atoms with van der Waals surface area (Å²) < 4.78 is 1.58. The zero-order valence-corrected chi connectivity index (χ0v) is 12.9. The lowest BCUT2D eigenvalue weighted by Gasteiger charge is -2.15. The molecular weight excluding hydrogens is 298 g/mol. The van der Waals surface area contributed by atoms with Gasteiger partial charge < -0.3 is 4.90 Å². The first kappa shape index (κ1) is 14.8. The van der Waals surface area contributed by atoms with E-state index >= 15 is 0 Å². The van der Waals surface area contributed by atoms with Gasteiger partial charge in [0.25, 0.3) is 0 Å². The minimum Gasteiger partial charge on any atom is -0.348 e. The molecule has 1 aromatic carbocycles. The zero-order valence-electron chi connectivity index (χ0n) is 11.3. The lowest BCUT2D eigenvalue weighted by Crippen LogP contribution is -2.29. The van der Waals surface area contributed by atoms with Crippen LogP contribution in [0.2, 0.25) is 5.02 Å². The summed E-state index contributed by atoms with van der Waals surface area (Å²) in [6.07, 6.45) is 0. The summed E-state index contributed by atoms with van der Waals surface area (Å²) >= 11 is 7.17. The minimum absolute atomic E-state index is 0.0145. The van der Waals surface area contributed by atoms with Crippen molar-refractivity contribution in [1.82, 2.24) is 25.1 Å². The summed E-state index contributed by atoms with van der Waals surface area (Å²) in [7, 11) is 3.45. The van der Waals surface area contributed by atoms with Crippen LogP contribution in [0, 0.1) is 0 Å². The first-order chi connectivity index (χ1) is 9.49. The lowest BCUT2D eigenvalue weighted by atomic mass is 10.3. The van der Waals surface area contributed by atoms with Crippen molar-refractivity contribution in [2.45, 2.75) is 17.3 Å². The van der Waals surface area contributed by atoms with Crippen LogP contribution in [0.4, 0.5) is 0 Å². The number of carbonyl (C=O) groups is 1. The van der Waals surface area contributed by atoms with Crippen LogP contribution < -0.4 is 0 Å². The molecule has 6 nitrogen and oxygen atoms in total. The van der Waals surface area contributed by atoms with Gasteiger partial charge in [0, 0.05) is 19.1 Å². The van der Waals surface area contributed by atoms with Gasteiger partial charge in [0.15, 0.2) is 0 Å². The molecule has 0 aliphatic carbocycles. The molecular formula is C12H14ClN5OS. The number of benzene rings is 1. The molecule has 106 valence electrons. The van der Waals surface area contributed by atoms with Gasteiger partial charge >= 0.3 is 0 Å². The van der Waals surface area contributed by atoms with Crippen molar-refractivity contribution in [2.75, 3.05) is 14.1 Å². The standard InChI is InChI=1S/C12H14ClN5OS/c1-8(11(19)17(2)3)20-12-14-15-16-18(12)10-6-4-9(13)5-7-10/h4-8H,1-3H3/t8-/m1/s1. The molecule has 20 heavy (non-hydrogen) atoms. The second-order valence-corrected chi connectivity index (χ2v) is 6.09. The van der Waals surface area contributed by atoms with E-state index in [9.17, 15) is 4.79 Å². The van der Waals surface area contributed by atoms with Crippen LogP contribution in [0.25, 0.3) is 5.69 Å². The van der Waals surface area contributed by atoms with E-state index in [1.54, 1.807) is 35.8 Å². The maximum Gasteiger partial charge on any atom is 0.235 e. The van der Waals surface area contributed by atoms with Crippen molar-refractivity contribution in [3.05, 3.63) is 29.3 Å². The highest BCUT2D eigenvalue weighted by Crippen LogP contribution is 2.24. The highest BCUT2D eigenvalue weighted by Gasteiger charge is 2.20. The Morgan fingerprint density at radius 1 is 1.35 bits per heavy atom. The number of nitrogens with zero attached hydrogens (tertiary/aromatic N) is 5. The summed E-state index contributed by atoms with van der Waals surface area (Å²) in [6, 6.07) is 7.17. The molecule has 1 aromatic heterocycles. The maximum absolute atomic E-state index is 11.9. The quantitative estimate of drug-likeness (QED) is 0.807. The van der Waals surface area contributed by atoms with E-state index in [4.69, 9.17) is 11.6 Å². The second-order valence-electron chi connectivity index (χ2n) is 4.34. The topological polar surface area (TPSA) is 63.9 Å². The van der Waals surface area contributed by atoms with Gasteiger partial charge in [0.2, 0.25) is 11.1 Å². The average Bonchev–Trinajstić information content (AvgIpc) is 2.86. The van der Waals surface area contributed by atoms with Crippen LogP contribution in [0.1, 0.15) is 6.92 Å². The van der Waals surface area contributed by atoms with Crippen molar-refractivity contribution in [1.29, 1.82) is 0 Å². The molecule has 0 saturated heterocycles. The van der Waals surface area contributed by atoms with Gasteiger partial charge in [0.1, 0.15) is 0 Å². The number of rotatable bonds is 4. The van der Waals surface area contributed by atoms with Crippen LogP contribution in [-0.4, -0.2) is 50.4 Å². The summed E-state index contributed by atoms with van der Waals surface area (Å²) in [5.41, 5.74) is 0.798. The van der Waals surface area contributed by atoms with E-state index in [-0.39, 0.29) is 11.2 Å². The molecule has 1 heterocycles. The summed E-state index contributed by atoms with van der Waals surface area (Å²) in [5, 5.41) is 12.5. The van der Waals surface area contributed by atoms with Crippen LogP contribution in [0.15, 0.2) is 29.4 Å². The lowest BCUT2D eigenvalue weighted by molar-refractivity contribution is -0.127. The molecule has 0 spiro atoms. The molecule has 2 rings (SSSR count). The van der Waals surface area contributed by atoms with Gasteiger partial charge in [-0.2, -0.15) is 4.68 Å². The number of tetrazole rings is 1. The predicted octanol–water partition coefficient (Wildman–Crippen LogP) is 1.88. The molecule has 1 atom stereocenters. The highest BCUT2D eigenvalue weighted by molar-refractivity contribution is 8.00. The summed E-state index contributed by atoms with van der Waals surface area (Å²) in [4.78, 5) is 13.4. The first-order valence-electron chi connectivity index (χ1n) is 5.91. The molecule has 0 saturated carbocycles. The Labute approximate surface area is 126 Å². The number of aromatic nitrogens is 4. The fourth-order valence-corrected chi connectivity index (χ4v) is 2.65. The monoisotopic (exact) mass is 311 g/mol. The van der Waals surface area contributed by atoms with E-state index in [1.165, 1.54) is 11.8 Å². The average molecular weight is 312 g/mol. The van der Waals surface area contributed by atoms with E-state index in [0.29, 0.717) is 10.2 Å². The third-order valence-corrected chi connectivity index (χ3v) is 3.86. The Hall–Kier alpha value is -1.60. The molecule has 2 aromatic rings. The molecule has 0 radical (unpaired) electrons. The molecule has 1 amide bonds. The number of hydrogen-bond acceptors (Lipinski definition) is 5. The van der Waals surface area contributed by atoms with Crippen LogP contribution in [0.3, 0.4) is 0 Å². The molecule has 0 N–H and O–H groups in total. The number of halogens is 1. The van der Waals surface area contributed by atoms with Gasteiger partial charge in [0.05, 0.1) is 10.9 Å². The second kappa shape index (κ2) is 6.23. The Morgan fingerprint density at radius 3 is 2.60 bits per heavy atom. The van der Waals surface area contributed by atoms with Crippen molar-refractivity contribution in [3.8, 4) is 5.69 Å². The molecule has 0 aliphatic heterocycles. The number of amides is 1. The highest BCUT2D eigenvalue weighted by atomic mass is 35.5. The van der Waals surface area contributed by atoms with E-state index in [2.05, 4.69) is 15.5 Å². The number of hydrogen-bond donors (Lipinski definition) is 0. The van der Waals surface area contributed by atoms with Crippen molar-refractivity contribution in [3.63, 3.8) is 0 Å². The summed E-state index contributed by atoms with van der Waals surface area (Å²) in [6.45, 7) is 1.83. The fraction of sp³-hybridized carbons (Fsp3) is 0.333. The predicted molar refractivity (Wildman–Crippen MR) is 78.2 cm³/mol. The Morgan fingerprint density at radius 2 is 2.00 bits per heavy atom. The van der Waals surface area contributed by atoms with Gasteiger partial charge in [-0.15, -0.1) is 5.10 Å². The Kier molecular flexibility index (Phi) is 4.61. The smallest absolute Gasteiger partial charge is 0.235 e. The Bertz CT molecular complexity index is 598.